The first-order valence-corrected chi connectivity index (χ1v) is 7.17. The van der Waals surface area contributed by atoms with Crippen molar-refractivity contribution in [3.63, 3.8) is 0 Å². The number of morpholine rings is 1. The molecular weight excluding hydrogens is 272 g/mol. The van der Waals surface area contributed by atoms with Gasteiger partial charge in [0.25, 0.3) is 0 Å². The van der Waals surface area contributed by atoms with Gasteiger partial charge in [0.05, 0.1) is 18.3 Å². The van der Waals surface area contributed by atoms with Gasteiger partial charge in [0.1, 0.15) is 4.99 Å². The molecule has 0 spiro atoms. The number of nitrogens with two attached hydrogens (primary N) is 1. The van der Waals surface area contributed by atoms with Gasteiger partial charge in [-0.3, -0.25) is 0 Å². The summed E-state index contributed by atoms with van der Waals surface area (Å²) in [5.74, 6) is 0. The van der Waals surface area contributed by atoms with Crippen molar-refractivity contribution >= 4 is 22.9 Å². The van der Waals surface area contributed by atoms with E-state index in [1.165, 1.54) is 0 Å². The van der Waals surface area contributed by atoms with E-state index in [1.807, 2.05) is 32.9 Å². The maximum absolute atomic E-state index is 9.42. The van der Waals surface area contributed by atoms with Crippen molar-refractivity contribution in [2.75, 3.05) is 24.6 Å². The van der Waals surface area contributed by atoms with Gasteiger partial charge in [0.15, 0.2) is 0 Å². The largest absolute Gasteiger partial charge is 0.394 e. The Kier molecular flexibility index (Phi) is 4.32. The van der Waals surface area contributed by atoms with Crippen molar-refractivity contribution < 1.29 is 9.84 Å². The Morgan fingerprint density at radius 3 is 2.85 bits per heavy atom. The van der Waals surface area contributed by atoms with E-state index in [-0.39, 0.29) is 18.3 Å². The third-order valence-electron chi connectivity index (χ3n) is 3.44. The van der Waals surface area contributed by atoms with Gasteiger partial charge in [-0.25, -0.2) is 0 Å². The molecule has 5 heteroatoms. The second kappa shape index (κ2) is 5.68. The molecule has 4 nitrogen and oxygen atoms in total. The summed E-state index contributed by atoms with van der Waals surface area (Å²) in [5, 5.41) is 9.42. The zero-order valence-corrected chi connectivity index (χ0v) is 13.0. The average Bonchev–Trinajstić information content (AvgIpc) is 2.36. The van der Waals surface area contributed by atoms with Crippen LogP contribution in [0, 0.1) is 6.92 Å². The van der Waals surface area contributed by atoms with E-state index in [9.17, 15) is 5.11 Å². The van der Waals surface area contributed by atoms with E-state index >= 15 is 0 Å². The average molecular weight is 294 g/mol. The van der Waals surface area contributed by atoms with Gasteiger partial charge < -0.3 is 20.5 Å². The molecule has 0 amide bonds. The fourth-order valence-electron chi connectivity index (χ4n) is 2.69. The molecule has 1 unspecified atom stereocenters. The minimum atomic E-state index is -0.317. The van der Waals surface area contributed by atoms with Crippen molar-refractivity contribution in [3.8, 4) is 0 Å². The Balaban J connectivity index is 2.39. The van der Waals surface area contributed by atoms with E-state index < -0.39 is 0 Å². The first-order chi connectivity index (χ1) is 9.32. The summed E-state index contributed by atoms with van der Waals surface area (Å²) in [5.41, 5.74) is 8.57. The molecule has 1 atom stereocenters. The summed E-state index contributed by atoms with van der Waals surface area (Å²) in [7, 11) is 0. The monoisotopic (exact) mass is 294 g/mol. The minimum absolute atomic E-state index is 0.00809. The van der Waals surface area contributed by atoms with Gasteiger partial charge in [-0.15, -0.1) is 0 Å². The molecule has 20 heavy (non-hydrogen) atoms. The number of aliphatic hydroxyl groups is 1. The molecule has 0 aromatic heterocycles. The molecule has 1 saturated heterocycles. The van der Waals surface area contributed by atoms with E-state index in [0.29, 0.717) is 11.5 Å². The Labute approximate surface area is 125 Å². The lowest BCUT2D eigenvalue weighted by atomic mass is 10.0. The SMILES string of the molecule is Cc1ccc(C(N)=S)c(N2CC(CO)OC(C)(C)C2)c1. The number of benzene rings is 1. The molecule has 110 valence electrons. The lowest BCUT2D eigenvalue weighted by Gasteiger charge is -2.44. The van der Waals surface area contributed by atoms with Crippen LogP contribution in [0.25, 0.3) is 0 Å². The number of nitrogens with zero attached hydrogens (tertiary/aromatic N) is 1. The van der Waals surface area contributed by atoms with Gasteiger partial charge in [0, 0.05) is 24.3 Å². The zero-order valence-electron chi connectivity index (χ0n) is 12.2. The number of anilines is 1. The van der Waals surface area contributed by atoms with Crippen LogP contribution in [0.3, 0.4) is 0 Å². The topological polar surface area (TPSA) is 58.7 Å². The van der Waals surface area contributed by atoms with Gasteiger partial charge in [-0.05, 0) is 38.5 Å². The molecule has 1 aromatic carbocycles. The highest BCUT2D eigenvalue weighted by Crippen LogP contribution is 2.29. The molecule has 1 aliphatic heterocycles. The molecule has 0 radical (unpaired) electrons. The molecule has 1 fully saturated rings. The van der Waals surface area contributed by atoms with Crippen LogP contribution in [0.5, 0.6) is 0 Å². The smallest absolute Gasteiger partial charge is 0.106 e. The number of thiocarbonyl (C=S) groups is 1. The summed E-state index contributed by atoms with van der Waals surface area (Å²) < 4.78 is 5.85. The fraction of sp³-hybridized carbons (Fsp3) is 0.533. The van der Waals surface area contributed by atoms with Crippen LogP contribution in [0.2, 0.25) is 0 Å². The highest BCUT2D eigenvalue weighted by molar-refractivity contribution is 7.80. The second-order valence-electron chi connectivity index (χ2n) is 5.95. The number of aliphatic hydroxyl groups excluding tert-OH is 1. The minimum Gasteiger partial charge on any atom is -0.394 e. The molecule has 2 rings (SSSR count). The number of rotatable bonds is 3. The maximum Gasteiger partial charge on any atom is 0.106 e. The van der Waals surface area contributed by atoms with Crippen LogP contribution in [0.15, 0.2) is 18.2 Å². The van der Waals surface area contributed by atoms with Crippen molar-refractivity contribution in [2.45, 2.75) is 32.5 Å². The Hall–Kier alpha value is -1.17. The highest BCUT2D eigenvalue weighted by Gasteiger charge is 2.34. The summed E-state index contributed by atoms with van der Waals surface area (Å²) in [6.45, 7) is 7.48. The number of hydrogen-bond acceptors (Lipinski definition) is 4. The molecule has 1 aromatic rings. The Morgan fingerprint density at radius 2 is 2.25 bits per heavy atom. The van der Waals surface area contributed by atoms with Crippen LogP contribution >= 0.6 is 12.2 Å². The van der Waals surface area contributed by atoms with Crippen LogP contribution in [0.1, 0.15) is 25.0 Å². The Morgan fingerprint density at radius 1 is 1.55 bits per heavy atom. The third kappa shape index (κ3) is 3.29. The lowest BCUT2D eigenvalue weighted by molar-refractivity contribution is -0.101. The fourth-order valence-corrected chi connectivity index (χ4v) is 2.86. The summed E-state index contributed by atoms with van der Waals surface area (Å²) >= 11 is 5.15. The standard InChI is InChI=1S/C15H22N2O2S/c1-10-4-5-12(14(16)20)13(6-10)17-7-11(8-18)19-15(2,3)9-17/h4-6,11,18H,7-9H2,1-3H3,(H2,16,20). The van der Waals surface area contributed by atoms with Crippen molar-refractivity contribution in [3.05, 3.63) is 29.3 Å². The van der Waals surface area contributed by atoms with Gasteiger partial charge in [-0.2, -0.15) is 0 Å². The Bertz CT molecular complexity index is 517. The summed E-state index contributed by atoms with van der Waals surface area (Å²) in [6, 6.07) is 6.06. The number of ether oxygens (including phenoxy) is 1. The third-order valence-corrected chi connectivity index (χ3v) is 3.66. The highest BCUT2D eigenvalue weighted by atomic mass is 32.1. The maximum atomic E-state index is 9.42. The predicted molar refractivity (Wildman–Crippen MR) is 85.3 cm³/mol. The van der Waals surface area contributed by atoms with Crippen LogP contribution < -0.4 is 10.6 Å². The molecular formula is C15H22N2O2S. The number of hydrogen-bond donors (Lipinski definition) is 2. The first-order valence-electron chi connectivity index (χ1n) is 6.76. The van der Waals surface area contributed by atoms with E-state index in [1.54, 1.807) is 0 Å². The first kappa shape index (κ1) is 15.2. The predicted octanol–water partition coefficient (Wildman–Crippen LogP) is 1.61. The molecule has 0 bridgehead atoms. The van der Waals surface area contributed by atoms with E-state index in [2.05, 4.69) is 11.0 Å². The van der Waals surface area contributed by atoms with Gasteiger partial charge in [0.2, 0.25) is 0 Å². The normalized spacial score (nSPS) is 21.8. The van der Waals surface area contributed by atoms with Gasteiger partial charge in [-0.1, -0.05) is 18.3 Å². The van der Waals surface area contributed by atoms with E-state index in [4.69, 9.17) is 22.7 Å². The quantitative estimate of drug-likeness (QED) is 0.829. The van der Waals surface area contributed by atoms with Crippen LogP contribution in [-0.4, -0.2) is 41.5 Å². The molecule has 3 N–H and O–H groups in total. The van der Waals surface area contributed by atoms with Crippen molar-refractivity contribution in [1.29, 1.82) is 0 Å². The molecule has 1 aliphatic rings. The van der Waals surface area contributed by atoms with Gasteiger partial charge >= 0.3 is 0 Å². The van der Waals surface area contributed by atoms with Crippen molar-refractivity contribution in [2.24, 2.45) is 5.73 Å². The molecule has 0 aliphatic carbocycles. The zero-order chi connectivity index (χ0) is 14.9. The molecule has 0 saturated carbocycles. The van der Waals surface area contributed by atoms with Crippen LogP contribution in [-0.2, 0) is 4.74 Å². The lowest BCUT2D eigenvalue weighted by Crippen LogP contribution is -2.54. The van der Waals surface area contributed by atoms with Crippen molar-refractivity contribution in [1.82, 2.24) is 0 Å². The summed E-state index contributed by atoms with van der Waals surface area (Å²) in [4.78, 5) is 2.59. The molecule has 1 heterocycles. The second-order valence-corrected chi connectivity index (χ2v) is 6.39. The van der Waals surface area contributed by atoms with Crippen LogP contribution in [0.4, 0.5) is 5.69 Å². The number of aryl methyl sites for hydroxylation is 1. The van der Waals surface area contributed by atoms with E-state index in [0.717, 1.165) is 23.4 Å². The summed E-state index contributed by atoms with van der Waals surface area (Å²) in [6.07, 6.45) is -0.196.